The van der Waals surface area contributed by atoms with E-state index in [9.17, 15) is 14.7 Å². The summed E-state index contributed by atoms with van der Waals surface area (Å²) in [6.07, 6.45) is 0. The molecule has 3 aromatic carbocycles. The number of Topliss-reactive ketones (excluding diaryl/α,β-unsaturated/α-hetero) is 1. The Morgan fingerprint density at radius 2 is 1.78 bits per heavy atom. The summed E-state index contributed by atoms with van der Waals surface area (Å²) in [5.74, 6) is -0.727. The van der Waals surface area contributed by atoms with Gasteiger partial charge in [-0.05, 0) is 48.0 Å². The van der Waals surface area contributed by atoms with Gasteiger partial charge in [0.15, 0.2) is 16.7 Å². The number of aliphatic hydroxyl groups is 1. The highest BCUT2D eigenvalue weighted by molar-refractivity contribution is 7.22. The summed E-state index contributed by atoms with van der Waals surface area (Å²) in [5.41, 5.74) is 1.68. The quantitative estimate of drug-likeness (QED) is 0.285. The summed E-state index contributed by atoms with van der Waals surface area (Å²) >= 11 is 1.26. The monoisotopic (exact) mass is 512 g/mol. The second-order valence-corrected chi connectivity index (χ2v) is 9.43. The van der Waals surface area contributed by atoms with Crippen molar-refractivity contribution in [1.82, 2.24) is 4.98 Å². The normalized spacial score (nSPS) is 15.7. The van der Waals surface area contributed by atoms with Crippen LogP contribution in [0.4, 0.5) is 5.13 Å². The third-order valence-electron chi connectivity index (χ3n) is 6.30. The van der Waals surface area contributed by atoms with Crippen LogP contribution in [0.5, 0.6) is 11.5 Å². The second kappa shape index (κ2) is 8.79. The molecule has 2 aromatic heterocycles. The van der Waals surface area contributed by atoms with Crippen molar-refractivity contribution >= 4 is 49.3 Å². The number of amides is 1. The number of benzene rings is 3. The van der Waals surface area contributed by atoms with Gasteiger partial charge in [-0.15, -0.1) is 0 Å². The summed E-state index contributed by atoms with van der Waals surface area (Å²) in [6.45, 7) is 0. The minimum atomic E-state index is -0.953. The summed E-state index contributed by atoms with van der Waals surface area (Å²) < 4.78 is 17.3. The van der Waals surface area contributed by atoms with Gasteiger partial charge in [-0.1, -0.05) is 41.7 Å². The van der Waals surface area contributed by atoms with Gasteiger partial charge in [-0.2, -0.15) is 0 Å². The van der Waals surface area contributed by atoms with E-state index in [1.165, 1.54) is 23.3 Å². The second-order valence-electron chi connectivity index (χ2n) is 8.42. The fourth-order valence-electron chi connectivity index (χ4n) is 4.51. The van der Waals surface area contributed by atoms with Gasteiger partial charge in [0.05, 0.1) is 36.1 Å². The molecule has 6 rings (SSSR count). The third kappa shape index (κ3) is 3.71. The molecule has 1 atom stereocenters. The van der Waals surface area contributed by atoms with E-state index in [0.717, 1.165) is 10.1 Å². The number of hydrogen-bond acceptors (Lipinski definition) is 8. The number of fused-ring (bicyclic) bond motifs is 2. The lowest BCUT2D eigenvalue weighted by Gasteiger charge is -2.24. The molecule has 0 saturated heterocycles. The fourth-order valence-corrected chi connectivity index (χ4v) is 5.53. The maximum atomic E-state index is 13.8. The van der Waals surface area contributed by atoms with E-state index >= 15 is 0 Å². The van der Waals surface area contributed by atoms with Crippen LogP contribution in [0.15, 0.2) is 88.5 Å². The Balaban J connectivity index is 1.51. The Hall–Kier alpha value is -4.63. The molecular formula is C28H20N2O6S. The Morgan fingerprint density at radius 1 is 1.00 bits per heavy atom. The number of nitrogens with zero attached hydrogens (tertiary/aromatic N) is 2. The number of aromatic nitrogens is 1. The molecule has 1 aliphatic heterocycles. The van der Waals surface area contributed by atoms with Gasteiger partial charge in [0.25, 0.3) is 5.91 Å². The average Bonchev–Trinajstić information content (AvgIpc) is 3.62. The zero-order chi connectivity index (χ0) is 25.7. The predicted octanol–water partition coefficient (Wildman–Crippen LogP) is 5.84. The number of aliphatic hydroxyl groups excluding tert-OH is 1. The third-order valence-corrected chi connectivity index (χ3v) is 7.32. The van der Waals surface area contributed by atoms with E-state index in [2.05, 4.69) is 4.98 Å². The maximum Gasteiger partial charge on any atom is 0.296 e. The number of furan rings is 1. The molecule has 3 heterocycles. The molecular weight excluding hydrogens is 492 g/mol. The van der Waals surface area contributed by atoms with Crippen LogP contribution in [0.25, 0.3) is 21.2 Å². The predicted molar refractivity (Wildman–Crippen MR) is 140 cm³/mol. The smallest absolute Gasteiger partial charge is 0.296 e. The molecule has 0 radical (unpaired) electrons. The maximum absolute atomic E-state index is 13.8. The van der Waals surface area contributed by atoms with Gasteiger partial charge in [0, 0.05) is 5.39 Å². The van der Waals surface area contributed by atoms with Gasteiger partial charge in [-0.25, -0.2) is 4.98 Å². The SMILES string of the molecule is COc1cccc(C2C(C(=O)c3cc4ccccc4o3)=C(O)C(=O)N2c2nc3ccc(OC)cc3s2)c1. The number of para-hydroxylation sites is 1. The Kier molecular flexibility index (Phi) is 5.42. The van der Waals surface area contributed by atoms with Crippen molar-refractivity contribution in [3.8, 4) is 11.5 Å². The molecule has 1 N–H and O–H groups in total. The van der Waals surface area contributed by atoms with Crippen LogP contribution in [0.3, 0.4) is 0 Å². The number of carbonyl (C=O) groups excluding carboxylic acids is 2. The Morgan fingerprint density at radius 3 is 2.57 bits per heavy atom. The minimum absolute atomic E-state index is 0.0272. The molecule has 0 saturated carbocycles. The number of ether oxygens (including phenoxy) is 2. The Labute approximate surface area is 215 Å². The highest BCUT2D eigenvalue weighted by Gasteiger charge is 2.46. The van der Waals surface area contributed by atoms with E-state index < -0.39 is 23.5 Å². The first-order chi connectivity index (χ1) is 18.0. The van der Waals surface area contributed by atoms with Crippen LogP contribution in [-0.4, -0.2) is 36.0 Å². The van der Waals surface area contributed by atoms with Crippen molar-refractivity contribution in [3.05, 3.63) is 95.5 Å². The molecule has 1 aliphatic rings. The van der Waals surface area contributed by atoms with E-state index in [1.807, 2.05) is 18.2 Å². The number of anilines is 1. The molecule has 1 unspecified atom stereocenters. The van der Waals surface area contributed by atoms with Crippen LogP contribution >= 0.6 is 11.3 Å². The zero-order valence-corrected chi connectivity index (χ0v) is 20.6. The molecule has 0 aliphatic carbocycles. The highest BCUT2D eigenvalue weighted by atomic mass is 32.1. The van der Waals surface area contributed by atoms with E-state index in [-0.39, 0.29) is 11.3 Å². The number of carbonyl (C=O) groups is 2. The zero-order valence-electron chi connectivity index (χ0n) is 19.8. The number of thiazole rings is 1. The van der Waals surface area contributed by atoms with Crippen LogP contribution in [-0.2, 0) is 4.79 Å². The number of ketones is 1. The first-order valence-corrected chi connectivity index (χ1v) is 12.2. The van der Waals surface area contributed by atoms with E-state index in [0.29, 0.717) is 33.3 Å². The van der Waals surface area contributed by atoms with Crippen molar-refractivity contribution < 1.29 is 28.6 Å². The summed E-state index contributed by atoms with van der Waals surface area (Å²) in [6, 6.07) is 20.3. The van der Waals surface area contributed by atoms with Gasteiger partial charge < -0.3 is 19.0 Å². The summed E-state index contributed by atoms with van der Waals surface area (Å²) in [7, 11) is 3.11. The molecule has 0 spiro atoms. The fraction of sp³-hybridized carbons (Fsp3) is 0.107. The van der Waals surface area contributed by atoms with Crippen molar-refractivity contribution in [2.75, 3.05) is 19.1 Å². The molecule has 8 nitrogen and oxygen atoms in total. The average molecular weight is 513 g/mol. The largest absolute Gasteiger partial charge is 0.503 e. The first kappa shape index (κ1) is 22.8. The number of rotatable bonds is 6. The number of hydrogen-bond donors (Lipinski definition) is 1. The van der Waals surface area contributed by atoms with Crippen molar-refractivity contribution in [1.29, 1.82) is 0 Å². The lowest BCUT2D eigenvalue weighted by atomic mass is 9.95. The van der Waals surface area contributed by atoms with Gasteiger partial charge in [0.1, 0.15) is 17.1 Å². The minimum Gasteiger partial charge on any atom is -0.503 e. The molecule has 184 valence electrons. The van der Waals surface area contributed by atoms with Crippen molar-refractivity contribution in [3.63, 3.8) is 0 Å². The lowest BCUT2D eigenvalue weighted by Crippen LogP contribution is -2.31. The molecule has 5 aromatic rings. The van der Waals surface area contributed by atoms with E-state index in [1.54, 1.807) is 61.7 Å². The summed E-state index contributed by atoms with van der Waals surface area (Å²) in [5, 5.41) is 12.1. The topological polar surface area (TPSA) is 102 Å². The highest BCUT2D eigenvalue weighted by Crippen LogP contribution is 2.45. The van der Waals surface area contributed by atoms with Crippen molar-refractivity contribution in [2.45, 2.75) is 6.04 Å². The first-order valence-electron chi connectivity index (χ1n) is 11.4. The van der Waals surface area contributed by atoms with Crippen molar-refractivity contribution in [2.24, 2.45) is 0 Å². The standard InChI is InChI=1S/C28H20N2O6S/c1-34-17-8-5-7-16(12-17)24-23(25(31)21-13-15-6-3-4-9-20(15)36-21)26(32)27(33)30(24)28-29-19-11-10-18(35-2)14-22(19)37-28/h3-14,24,32H,1-2H3. The van der Waals surface area contributed by atoms with Crippen LogP contribution in [0.1, 0.15) is 22.2 Å². The van der Waals surface area contributed by atoms with Gasteiger partial charge in [-0.3, -0.25) is 14.5 Å². The lowest BCUT2D eigenvalue weighted by molar-refractivity contribution is -0.117. The summed E-state index contributed by atoms with van der Waals surface area (Å²) in [4.78, 5) is 33.3. The molecule has 9 heteroatoms. The Bertz CT molecular complexity index is 1700. The van der Waals surface area contributed by atoms with Crippen LogP contribution < -0.4 is 14.4 Å². The molecule has 0 bridgehead atoms. The van der Waals surface area contributed by atoms with Gasteiger partial charge >= 0.3 is 0 Å². The number of methoxy groups -OCH3 is 2. The molecule has 37 heavy (non-hydrogen) atoms. The molecule has 1 amide bonds. The van der Waals surface area contributed by atoms with Crippen LogP contribution in [0.2, 0.25) is 0 Å². The van der Waals surface area contributed by atoms with Gasteiger partial charge in [0.2, 0.25) is 5.78 Å². The van der Waals surface area contributed by atoms with Crippen LogP contribution in [0, 0.1) is 0 Å². The van der Waals surface area contributed by atoms with E-state index in [4.69, 9.17) is 13.9 Å². The molecule has 0 fully saturated rings.